The smallest absolute Gasteiger partial charge is 0.134 e. The maximum atomic E-state index is 6.18. The number of ether oxygens (including phenoxy) is 2. The first-order chi connectivity index (χ1) is 7.95. The highest BCUT2D eigenvalue weighted by atomic mass is 79.9. The molecule has 2 nitrogen and oxygen atoms in total. The lowest BCUT2D eigenvalue weighted by molar-refractivity contribution is -0.0135. The minimum absolute atomic E-state index is 0.0287. The average molecular weight is 320 g/mol. The summed E-state index contributed by atoms with van der Waals surface area (Å²) in [6, 6.07) is 5.71. The highest BCUT2D eigenvalue weighted by Crippen LogP contribution is 2.47. The van der Waals surface area contributed by atoms with E-state index < -0.39 is 0 Å². The van der Waals surface area contributed by atoms with E-state index in [9.17, 15) is 0 Å². The number of hydrogen-bond donors (Lipinski definition) is 0. The summed E-state index contributed by atoms with van der Waals surface area (Å²) in [4.78, 5) is 0. The molecule has 94 valence electrons. The lowest BCUT2D eigenvalue weighted by Gasteiger charge is -2.48. The molecular weight excluding hydrogens is 303 g/mol. The first-order valence-electron chi connectivity index (χ1n) is 5.59. The molecule has 1 aromatic rings. The lowest BCUT2D eigenvalue weighted by Crippen LogP contribution is -2.53. The molecule has 2 atom stereocenters. The highest BCUT2D eigenvalue weighted by Gasteiger charge is 2.49. The van der Waals surface area contributed by atoms with Crippen LogP contribution >= 0.6 is 27.5 Å². The molecule has 0 saturated heterocycles. The van der Waals surface area contributed by atoms with Crippen LogP contribution in [0.1, 0.15) is 20.3 Å². The van der Waals surface area contributed by atoms with Gasteiger partial charge in [-0.25, -0.2) is 0 Å². The fraction of sp³-hybridized carbons (Fsp3) is 0.538. The molecule has 1 fully saturated rings. The Morgan fingerprint density at radius 3 is 2.59 bits per heavy atom. The zero-order chi connectivity index (χ0) is 12.6. The van der Waals surface area contributed by atoms with Crippen molar-refractivity contribution in [3.05, 3.63) is 22.7 Å². The second-order valence-corrected chi connectivity index (χ2v) is 6.31. The fourth-order valence-electron chi connectivity index (χ4n) is 1.89. The molecule has 2 unspecified atom stereocenters. The van der Waals surface area contributed by atoms with Crippen molar-refractivity contribution in [2.75, 3.05) is 7.11 Å². The minimum Gasteiger partial charge on any atom is -0.497 e. The zero-order valence-electron chi connectivity index (χ0n) is 10.2. The van der Waals surface area contributed by atoms with E-state index in [1.807, 2.05) is 18.2 Å². The molecule has 1 aliphatic rings. The third-order valence-corrected chi connectivity index (χ3v) is 4.83. The number of rotatable bonds is 3. The fourth-order valence-corrected chi connectivity index (χ4v) is 2.65. The van der Waals surface area contributed by atoms with E-state index in [0.717, 1.165) is 22.4 Å². The van der Waals surface area contributed by atoms with Crippen LogP contribution in [-0.2, 0) is 0 Å². The molecule has 0 amide bonds. The summed E-state index contributed by atoms with van der Waals surface area (Å²) in [6.07, 6.45) is 1.07. The monoisotopic (exact) mass is 318 g/mol. The first kappa shape index (κ1) is 13.0. The maximum absolute atomic E-state index is 6.18. The second-order valence-electron chi connectivity index (χ2n) is 4.93. The molecule has 0 radical (unpaired) electrons. The highest BCUT2D eigenvalue weighted by molar-refractivity contribution is 9.10. The number of methoxy groups -OCH3 is 1. The summed E-state index contributed by atoms with van der Waals surface area (Å²) in [5.74, 6) is 1.65. The van der Waals surface area contributed by atoms with Gasteiger partial charge in [0, 0.05) is 17.2 Å². The van der Waals surface area contributed by atoms with E-state index in [4.69, 9.17) is 21.1 Å². The Morgan fingerprint density at radius 2 is 2.12 bits per heavy atom. The Labute approximate surface area is 115 Å². The molecule has 4 heteroatoms. The standard InChI is InChI=1S/C13H16BrClO2/c1-13(2)11(15)7-12(13)17-10-5-4-8(16-3)6-9(10)14/h4-6,11-12H,7H2,1-3H3. The van der Waals surface area contributed by atoms with Gasteiger partial charge >= 0.3 is 0 Å². The molecule has 1 aromatic carbocycles. The van der Waals surface area contributed by atoms with Gasteiger partial charge in [0.15, 0.2) is 0 Å². The van der Waals surface area contributed by atoms with Gasteiger partial charge in [-0.05, 0) is 34.1 Å². The third-order valence-electron chi connectivity index (χ3n) is 3.47. The van der Waals surface area contributed by atoms with Gasteiger partial charge in [-0.3, -0.25) is 0 Å². The van der Waals surface area contributed by atoms with Crippen LogP contribution in [-0.4, -0.2) is 18.6 Å². The van der Waals surface area contributed by atoms with Crippen molar-refractivity contribution in [3.63, 3.8) is 0 Å². The SMILES string of the molecule is COc1ccc(OC2CC(Cl)C2(C)C)c(Br)c1. The topological polar surface area (TPSA) is 18.5 Å². The van der Waals surface area contributed by atoms with Gasteiger partial charge in [0.1, 0.15) is 17.6 Å². The minimum atomic E-state index is 0.0287. The van der Waals surface area contributed by atoms with Crippen LogP contribution in [0.3, 0.4) is 0 Å². The predicted molar refractivity (Wildman–Crippen MR) is 73.1 cm³/mol. The van der Waals surface area contributed by atoms with Crippen LogP contribution in [0.5, 0.6) is 11.5 Å². The summed E-state index contributed by atoms with van der Waals surface area (Å²) in [5.41, 5.74) is 0.0287. The molecule has 0 bridgehead atoms. The Bertz CT molecular complexity index is 420. The van der Waals surface area contributed by atoms with Gasteiger partial charge in [0.2, 0.25) is 0 Å². The first-order valence-corrected chi connectivity index (χ1v) is 6.82. The van der Waals surface area contributed by atoms with Crippen LogP contribution < -0.4 is 9.47 Å². The van der Waals surface area contributed by atoms with Crippen molar-refractivity contribution in [3.8, 4) is 11.5 Å². The Morgan fingerprint density at radius 1 is 1.41 bits per heavy atom. The van der Waals surface area contributed by atoms with Crippen LogP contribution in [0.2, 0.25) is 0 Å². The van der Waals surface area contributed by atoms with Crippen molar-refractivity contribution in [2.24, 2.45) is 5.41 Å². The maximum Gasteiger partial charge on any atom is 0.134 e. The van der Waals surface area contributed by atoms with Gasteiger partial charge in [-0.1, -0.05) is 13.8 Å². The van der Waals surface area contributed by atoms with Gasteiger partial charge in [0.25, 0.3) is 0 Å². The zero-order valence-corrected chi connectivity index (χ0v) is 12.5. The summed E-state index contributed by atoms with van der Waals surface area (Å²) in [7, 11) is 1.65. The molecule has 0 aromatic heterocycles. The van der Waals surface area contributed by atoms with Crippen LogP contribution in [0, 0.1) is 5.41 Å². The lowest BCUT2D eigenvalue weighted by atomic mass is 9.68. The van der Waals surface area contributed by atoms with E-state index in [0.29, 0.717) is 0 Å². The van der Waals surface area contributed by atoms with Gasteiger partial charge in [-0.2, -0.15) is 0 Å². The molecular formula is C13H16BrClO2. The van der Waals surface area contributed by atoms with E-state index in [-0.39, 0.29) is 16.9 Å². The number of halogens is 2. The van der Waals surface area contributed by atoms with Gasteiger partial charge in [0.05, 0.1) is 11.6 Å². The van der Waals surface area contributed by atoms with Gasteiger partial charge in [-0.15, -0.1) is 11.6 Å². The molecule has 0 spiro atoms. The number of alkyl halides is 1. The van der Waals surface area contributed by atoms with Gasteiger partial charge < -0.3 is 9.47 Å². The van der Waals surface area contributed by atoms with Crippen molar-refractivity contribution in [2.45, 2.75) is 31.7 Å². The molecule has 0 heterocycles. The molecule has 2 rings (SSSR count). The number of benzene rings is 1. The largest absolute Gasteiger partial charge is 0.497 e. The van der Waals surface area contributed by atoms with Crippen molar-refractivity contribution in [1.82, 2.24) is 0 Å². The van der Waals surface area contributed by atoms with E-state index in [1.54, 1.807) is 7.11 Å². The van der Waals surface area contributed by atoms with Crippen molar-refractivity contribution < 1.29 is 9.47 Å². The summed E-state index contributed by atoms with van der Waals surface area (Å²) in [5, 5.41) is 0.199. The van der Waals surface area contributed by atoms with Crippen LogP contribution in [0.15, 0.2) is 22.7 Å². The predicted octanol–water partition coefficient (Wildman–Crippen LogP) is 4.24. The van der Waals surface area contributed by atoms with E-state index in [1.165, 1.54) is 0 Å². The third kappa shape index (κ3) is 2.41. The van der Waals surface area contributed by atoms with E-state index >= 15 is 0 Å². The second kappa shape index (κ2) is 4.69. The summed E-state index contributed by atoms with van der Waals surface area (Å²) >= 11 is 9.66. The van der Waals surface area contributed by atoms with Crippen LogP contribution in [0.4, 0.5) is 0 Å². The Hall–Kier alpha value is -0.410. The summed E-state index contributed by atoms with van der Waals surface area (Å²) < 4.78 is 12.0. The van der Waals surface area contributed by atoms with Crippen molar-refractivity contribution >= 4 is 27.5 Å². The van der Waals surface area contributed by atoms with Crippen LogP contribution in [0.25, 0.3) is 0 Å². The molecule has 0 N–H and O–H groups in total. The average Bonchev–Trinajstić information content (AvgIpc) is 2.30. The molecule has 1 aliphatic carbocycles. The molecule has 0 aliphatic heterocycles. The Balaban J connectivity index is 2.10. The molecule has 1 saturated carbocycles. The Kier molecular flexibility index (Phi) is 3.60. The molecule has 17 heavy (non-hydrogen) atoms. The van der Waals surface area contributed by atoms with E-state index in [2.05, 4.69) is 29.8 Å². The normalized spacial score (nSPS) is 26.2. The summed E-state index contributed by atoms with van der Waals surface area (Å²) in [6.45, 7) is 4.27. The van der Waals surface area contributed by atoms with Crippen molar-refractivity contribution in [1.29, 1.82) is 0 Å². The quantitative estimate of drug-likeness (QED) is 0.776. The number of hydrogen-bond acceptors (Lipinski definition) is 2.